The fourth-order valence-corrected chi connectivity index (χ4v) is 4.48. The zero-order valence-corrected chi connectivity index (χ0v) is 17.5. The van der Waals surface area contributed by atoms with Crippen molar-refractivity contribution in [2.45, 2.75) is 38.3 Å². The molecule has 3 nitrogen and oxygen atoms in total. The molecule has 5 heteroatoms. The Labute approximate surface area is 171 Å². The zero-order chi connectivity index (χ0) is 19.6. The van der Waals surface area contributed by atoms with Crippen LogP contribution in [0.25, 0.3) is 0 Å². The van der Waals surface area contributed by atoms with E-state index in [0.717, 1.165) is 24.9 Å². The molecule has 27 heavy (non-hydrogen) atoms. The molecule has 2 aromatic carbocycles. The van der Waals surface area contributed by atoms with E-state index >= 15 is 0 Å². The average Bonchev–Trinajstić information content (AvgIpc) is 2.63. The predicted octanol–water partition coefficient (Wildman–Crippen LogP) is 5.58. The van der Waals surface area contributed by atoms with E-state index in [2.05, 4.69) is 43.2 Å². The first-order chi connectivity index (χ1) is 12.8. The molecule has 1 aliphatic rings. The topological polar surface area (TPSA) is 32.3 Å². The molecule has 3 rings (SSSR count). The highest BCUT2D eigenvalue weighted by Gasteiger charge is 2.42. The third-order valence-electron chi connectivity index (χ3n) is 5.81. The number of rotatable bonds is 4. The van der Waals surface area contributed by atoms with Gasteiger partial charge in [0.1, 0.15) is 0 Å². The van der Waals surface area contributed by atoms with Crippen molar-refractivity contribution in [2.24, 2.45) is 5.92 Å². The summed E-state index contributed by atoms with van der Waals surface area (Å²) >= 11 is 12.2. The van der Waals surface area contributed by atoms with Crippen LogP contribution in [0.5, 0.6) is 0 Å². The van der Waals surface area contributed by atoms with Crippen molar-refractivity contribution in [3.05, 3.63) is 69.7 Å². The lowest BCUT2D eigenvalue weighted by molar-refractivity contribution is 0.0276. The normalized spacial score (nSPS) is 24.4. The highest BCUT2D eigenvalue weighted by molar-refractivity contribution is 6.36. The Balaban J connectivity index is 1.95. The van der Waals surface area contributed by atoms with Crippen LogP contribution in [0, 0.1) is 5.92 Å². The third-order valence-corrected chi connectivity index (χ3v) is 6.35. The van der Waals surface area contributed by atoms with Crippen LogP contribution in [0.2, 0.25) is 10.0 Å². The van der Waals surface area contributed by atoms with E-state index in [1.54, 1.807) is 18.2 Å². The standard InChI is InChI=1S/C22H26Cl2N2O/c1-15-11-12-22(2,26(3)14-15)20(16-7-5-4-6-8-16)25-21(27)18-10-9-17(23)13-19(18)24/h4-10,13,15,20H,11-12,14H2,1-3H3,(H,25,27)/t15?,20-,22?/m1/s1. The lowest BCUT2D eigenvalue weighted by atomic mass is 9.76. The van der Waals surface area contributed by atoms with E-state index in [1.807, 2.05) is 18.2 Å². The number of nitrogens with zero attached hydrogens (tertiary/aromatic N) is 1. The molecule has 0 aromatic heterocycles. The Hall–Kier alpha value is -1.55. The maximum atomic E-state index is 13.1. The van der Waals surface area contributed by atoms with Gasteiger partial charge in [-0.3, -0.25) is 9.69 Å². The van der Waals surface area contributed by atoms with Gasteiger partial charge in [-0.1, -0.05) is 60.5 Å². The predicted molar refractivity (Wildman–Crippen MR) is 113 cm³/mol. The summed E-state index contributed by atoms with van der Waals surface area (Å²) in [6, 6.07) is 15.0. The summed E-state index contributed by atoms with van der Waals surface area (Å²) in [5, 5.41) is 4.14. The fourth-order valence-electron chi connectivity index (χ4n) is 3.99. The van der Waals surface area contributed by atoms with Crippen LogP contribution in [0.15, 0.2) is 48.5 Å². The Morgan fingerprint density at radius 1 is 1.22 bits per heavy atom. The van der Waals surface area contributed by atoms with Crippen molar-refractivity contribution in [3.63, 3.8) is 0 Å². The van der Waals surface area contributed by atoms with Crippen LogP contribution in [0.3, 0.4) is 0 Å². The molecule has 3 atom stereocenters. The summed E-state index contributed by atoms with van der Waals surface area (Å²) in [4.78, 5) is 15.4. The molecule has 1 fully saturated rings. The van der Waals surface area contributed by atoms with Crippen molar-refractivity contribution in [1.29, 1.82) is 0 Å². The number of carbonyl (C=O) groups is 1. The van der Waals surface area contributed by atoms with Gasteiger partial charge < -0.3 is 5.32 Å². The SMILES string of the molecule is CC1CCC(C)([C@H](NC(=O)c2ccc(Cl)cc2Cl)c2ccccc2)N(C)C1. The van der Waals surface area contributed by atoms with E-state index in [-0.39, 0.29) is 17.5 Å². The molecule has 2 aromatic rings. The van der Waals surface area contributed by atoms with Crippen molar-refractivity contribution in [3.8, 4) is 0 Å². The maximum Gasteiger partial charge on any atom is 0.253 e. The number of benzene rings is 2. The van der Waals surface area contributed by atoms with Gasteiger partial charge in [0.15, 0.2) is 0 Å². The van der Waals surface area contributed by atoms with Gasteiger partial charge >= 0.3 is 0 Å². The lowest BCUT2D eigenvalue weighted by Gasteiger charge is -2.50. The molecular formula is C22H26Cl2N2O. The largest absolute Gasteiger partial charge is 0.343 e. The molecule has 2 unspecified atom stereocenters. The molecule has 1 saturated heterocycles. The average molecular weight is 405 g/mol. The smallest absolute Gasteiger partial charge is 0.253 e. The van der Waals surface area contributed by atoms with Crippen molar-refractivity contribution >= 4 is 29.1 Å². The van der Waals surface area contributed by atoms with Crippen molar-refractivity contribution < 1.29 is 4.79 Å². The number of nitrogens with one attached hydrogen (secondary N) is 1. The quantitative estimate of drug-likeness (QED) is 0.720. The monoisotopic (exact) mass is 404 g/mol. The Morgan fingerprint density at radius 2 is 1.93 bits per heavy atom. The molecule has 0 saturated carbocycles. The van der Waals surface area contributed by atoms with Gasteiger partial charge in [-0.05, 0) is 56.5 Å². The van der Waals surface area contributed by atoms with Gasteiger partial charge in [0.2, 0.25) is 0 Å². The summed E-state index contributed by atoms with van der Waals surface area (Å²) in [5.41, 5.74) is 1.36. The highest BCUT2D eigenvalue weighted by Crippen LogP contribution is 2.39. The van der Waals surface area contributed by atoms with Crippen molar-refractivity contribution in [2.75, 3.05) is 13.6 Å². The van der Waals surface area contributed by atoms with Crippen LogP contribution < -0.4 is 5.32 Å². The van der Waals surface area contributed by atoms with E-state index in [4.69, 9.17) is 23.2 Å². The summed E-state index contributed by atoms with van der Waals surface area (Å²) < 4.78 is 0. The number of likely N-dealkylation sites (tertiary alicyclic amines) is 1. The molecule has 1 amide bonds. The van der Waals surface area contributed by atoms with Gasteiger partial charge in [0.25, 0.3) is 5.91 Å². The molecule has 0 bridgehead atoms. The number of piperidine rings is 1. The second kappa shape index (κ2) is 8.22. The number of amides is 1. The molecule has 1 aliphatic heterocycles. The third kappa shape index (κ3) is 4.31. The minimum atomic E-state index is -0.182. The lowest BCUT2D eigenvalue weighted by Crippen LogP contribution is -2.57. The number of hydrogen-bond acceptors (Lipinski definition) is 2. The molecule has 0 spiro atoms. The minimum absolute atomic E-state index is 0.143. The van der Waals surface area contributed by atoms with E-state index < -0.39 is 0 Å². The molecule has 144 valence electrons. The van der Waals surface area contributed by atoms with Gasteiger partial charge in [0, 0.05) is 17.1 Å². The summed E-state index contributed by atoms with van der Waals surface area (Å²) in [6.07, 6.45) is 2.15. The van der Waals surface area contributed by atoms with Crippen LogP contribution >= 0.6 is 23.2 Å². The summed E-state index contributed by atoms with van der Waals surface area (Å²) in [6.45, 7) is 5.53. The van der Waals surface area contributed by atoms with Crippen LogP contribution in [-0.4, -0.2) is 29.9 Å². The Kier molecular flexibility index (Phi) is 6.15. The number of likely N-dealkylation sites (N-methyl/N-ethyl adjacent to an activating group) is 1. The Morgan fingerprint density at radius 3 is 2.56 bits per heavy atom. The maximum absolute atomic E-state index is 13.1. The van der Waals surface area contributed by atoms with Crippen molar-refractivity contribution in [1.82, 2.24) is 10.2 Å². The van der Waals surface area contributed by atoms with E-state index in [9.17, 15) is 4.79 Å². The number of hydrogen-bond donors (Lipinski definition) is 1. The molecule has 0 aliphatic carbocycles. The van der Waals surface area contributed by atoms with Crippen LogP contribution in [0.1, 0.15) is 48.7 Å². The molecule has 0 radical (unpaired) electrons. The summed E-state index contributed by atoms with van der Waals surface area (Å²) in [7, 11) is 2.15. The van der Waals surface area contributed by atoms with Gasteiger partial charge in [-0.2, -0.15) is 0 Å². The first kappa shape index (κ1) is 20.2. The first-order valence-electron chi connectivity index (χ1n) is 9.33. The van der Waals surface area contributed by atoms with Crippen LogP contribution in [0.4, 0.5) is 0 Å². The van der Waals surface area contributed by atoms with Gasteiger partial charge in [-0.15, -0.1) is 0 Å². The van der Waals surface area contributed by atoms with Crippen LogP contribution in [-0.2, 0) is 0 Å². The van der Waals surface area contributed by atoms with E-state index in [1.165, 1.54) is 0 Å². The second-order valence-electron chi connectivity index (χ2n) is 7.82. The van der Waals surface area contributed by atoms with Gasteiger partial charge in [-0.25, -0.2) is 0 Å². The molecule has 1 heterocycles. The highest BCUT2D eigenvalue weighted by atomic mass is 35.5. The molecule has 1 N–H and O–H groups in total. The van der Waals surface area contributed by atoms with E-state index in [0.29, 0.717) is 21.5 Å². The first-order valence-corrected chi connectivity index (χ1v) is 10.1. The molecular weight excluding hydrogens is 379 g/mol. The van der Waals surface area contributed by atoms with Gasteiger partial charge in [0.05, 0.1) is 16.6 Å². The minimum Gasteiger partial charge on any atom is -0.343 e. The summed E-state index contributed by atoms with van der Waals surface area (Å²) in [5.74, 6) is 0.472. The fraction of sp³-hybridized carbons (Fsp3) is 0.409. The number of carbonyl (C=O) groups excluding carboxylic acids is 1. The number of halogens is 2. The Bertz CT molecular complexity index is 811. The second-order valence-corrected chi connectivity index (χ2v) is 8.67. The zero-order valence-electron chi connectivity index (χ0n) is 16.0.